The summed E-state index contributed by atoms with van der Waals surface area (Å²) < 4.78 is 5.50. The largest absolute Gasteiger partial charge is 0.495 e. The van der Waals surface area contributed by atoms with Crippen molar-refractivity contribution in [3.8, 4) is 5.75 Å². The summed E-state index contributed by atoms with van der Waals surface area (Å²) in [5.74, 6) is 0.972. The van der Waals surface area contributed by atoms with E-state index in [-0.39, 0.29) is 0 Å². The molecule has 0 atom stereocenters. The van der Waals surface area contributed by atoms with Gasteiger partial charge in [0, 0.05) is 32.7 Å². The number of rotatable bonds is 4. The van der Waals surface area contributed by atoms with Gasteiger partial charge in [-0.25, -0.2) is 0 Å². The van der Waals surface area contributed by atoms with Crippen LogP contribution in [-0.4, -0.2) is 44.7 Å². The Morgan fingerprint density at radius 3 is 2.46 bits per heavy atom. The molecule has 24 heavy (non-hydrogen) atoms. The number of benzene rings is 2. The average molecular weight is 320 g/mol. The van der Waals surface area contributed by atoms with Gasteiger partial charge in [-0.2, -0.15) is 0 Å². The zero-order valence-corrected chi connectivity index (χ0v) is 14.2. The molecule has 3 heteroatoms. The number of fused-ring (bicyclic) bond motifs is 1. The van der Waals surface area contributed by atoms with Crippen LogP contribution in [0.2, 0.25) is 0 Å². The van der Waals surface area contributed by atoms with Crippen LogP contribution in [0.15, 0.2) is 54.1 Å². The monoisotopic (exact) mass is 320 g/mol. The van der Waals surface area contributed by atoms with Crippen molar-refractivity contribution in [2.45, 2.75) is 6.42 Å². The minimum absolute atomic E-state index is 0.972. The molecule has 1 aliphatic heterocycles. The highest BCUT2D eigenvalue weighted by Crippen LogP contribution is 2.29. The smallest absolute Gasteiger partial charge is 0.142 e. The van der Waals surface area contributed by atoms with Gasteiger partial charge in [-0.15, -0.1) is 0 Å². The first-order valence-electron chi connectivity index (χ1n) is 8.71. The predicted octanol–water partition coefficient (Wildman–Crippen LogP) is 3.46. The minimum Gasteiger partial charge on any atom is -0.495 e. The Morgan fingerprint density at radius 2 is 1.67 bits per heavy atom. The molecule has 2 aliphatic rings. The first-order chi connectivity index (χ1) is 11.8. The summed E-state index contributed by atoms with van der Waals surface area (Å²) in [6.07, 6.45) is 3.49. The Balaban J connectivity index is 1.36. The maximum Gasteiger partial charge on any atom is 0.142 e. The standard InChI is InChI=1S/C21H24N2O/c1-24-21-9-5-4-8-20(21)23-12-10-22(11-13-23)16-17-14-18-6-2-3-7-19(18)15-17/h2-9,14H,10-13,15-16H2,1H3. The first-order valence-corrected chi connectivity index (χ1v) is 8.71. The summed E-state index contributed by atoms with van der Waals surface area (Å²) in [4.78, 5) is 5.01. The van der Waals surface area contributed by atoms with E-state index in [1.807, 2.05) is 12.1 Å². The maximum atomic E-state index is 5.50. The van der Waals surface area contributed by atoms with Crippen molar-refractivity contribution in [1.29, 1.82) is 0 Å². The van der Waals surface area contributed by atoms with Crippen molar-refractivity contribution in [2.75, 3.05) is 44.7 Å². The fourth-order valence-corrected chi connectivity index (χ4v) is 3.78. The Morgan fingerprint density at radius 1 is 0.917 bits per heavy atom. The van der Waals surface area contributed by atoms with Gasteiger partial charge in [0.25, 0.3) is 0 Å². The van der Waals surface area contributed by atoms with E-state index in [0.29, 0.717) is 0 Å². The van der Waals surface area contributed by atoms with Crippen molar-refractivity contribution in [1.82, 2.24) is 4.90 Å². The van der Waals surface area contributed by atoms with E-state index in [2.05, 4.69) is 52.3 Å². The summed E-state index contributed by atoms with van der Waals surface area (Å²) in [5, 5.41) is 0. The van der Waals surface area contributed by atoms with E-state index < -0.39 is 0 Å². The zero-order chi connectivity index (χ0) is 16.4. The minimum atomic E-state index is 0.972. The molecule has 0 radical (unpaired) electrons. The molecule has 0 aromatic heterocycles. The number of anilines is 1. The third-order valence-electron chi connectivity index (χ3n) is 5.06. The molecule has 1 heterocycles. The molecule has 1 saturated heterocycles. The van der Waals surface area contributed by atoms with E-state index in [4.69, 9.17) is 4.74 Å². The Kier molecular flexibility index (Phi) is 4.26. The highest BCUT2D eigenvalue weighted by atomic mass is 16.5. The van der Waals surface area contributed by atoms with Crippen molar-refractivity contribution in [3.63, 3.8) is 0 Å². The van der Waals surface area contributed by atoms with Gasteiger partial charge in [0.2, 0.25) is 0 Å². The molecule has 0 amide bonds. The number of para-hydroxylation sites is 2. The summed E-state index contributed by atoms with van der Waals surface area (Å²) in [6.45, 7) is 5.41. The van der Waals surface area contributed by atoms with Crippen LogP contribution in [-0.2, 0) is 6.42 Å². The number of methoxy groups -OCH3 is 1. The maximum absolute atomic E-state index is 5.50. The fourth-order valence-electron chi connectivity index (χ4n) is 3.78. The number of hydrogen-bond acceptors (Lipinski definition) is 3. The molecule has 0 spiro atoms. The number of hydrogen-bond donors (Lipinski definition) is 0. The van der Waals surface area contributed by atoms with Crippen LogP contribution in [0.25, 0.3) is 6.08 Å². The van der Waals surface area contributed by atoms with Gasteiger partial charge in [-0.3, -0.25) is 4.90 Å². The molecule has 0 N–H and O–H groups in total. The van der Waals surface area contributed by atoms with E-state index in [1.54, 1.807) is 12.7 Å². The molecule has 1 aliphatic carbocycles. The van der Waals surface area contributed by atoms with Crippen LogP contribution in [0.3, 0.4) is 0 Å². The van der Waals surface area contributed by atoms with Crippen LogP contribution in [0.5, 0.6) is 5.75 Å². The molecule has 2 aromatic rings. The van der Waals surface area contributed by atoms with Crippen molar-refractivity contribution < 1.29 is 4.74 Å². The molecule has 0 unspecified atom stereocenters. The quantitative estimate of drug-likeness (QED) is 0.858. The normalized spacial score (nSPS) is 17.5. The predicted molar refractivity (Wildman–Crippen MR) is 99.8 cm³/mol. The average Bonchev–Trinajstić information content (AvgIpc) is 3.04. The summed E-state index contributed by atoms with van der Waals surface area (Å²) in [6, 6.07) is 17.1. The van der Waals surface area contributed by atoms with E-state index in [0.717, 1.165) is 44.9 Å². The highest BCUT2D eigenvalue weighted by molar-refractivity contribution is 5.64. The molecular formula is C21H24N2O. The summed E-state index contributed by atoms with van der Waals surface area (Å²) >= 11 is 0. The molecule has 0 saturated carbocycles. The SMILES string of the molecule is COc1ccccc1N1CCN(CC2=Cc3ccccc3C2)CC1. The van der Waals surface area contributed by atoms with Gasteiger partial charge >= 0.3 is 0 Å². The Labute approximate surface area is 144 Å². The fraction of sp³-hybridized carbons (Fsp3) is 0.333. The molecule has 124 valence electrons. The van der Waals surface area contributed by atoms with E-state index in [1.165, 1.54) is 16.8 Å². The van der Waals surface area contributed by atoms with Crippen LogP contribution < -0.4 is 9.64 Å². The second kappa shape index (κ2) is 6.70. The second-order valence-corrected chi connectivity index (χ2v) is 6.61. The highest BCUT2D eigenvalue weighted by Gasteiger charge is 2.21. The zero-order valence-electron chi connectivity index (χ0n) is 14.2. The summed E-state index contributed by atoms with van der Waals surface area (Å²) in [5.41, 5.74) is 5.63. The van der Waals surface area contributed by atoms with Gasteiger partial charge in [0.1, 0.15) is 5.75 Å². The van der Waals surface area contributed by atoms with Crippen molar-refractivity contribution >= 4 is 11.8 Å². The molecule has 1 fully saturated rings. The Hall–Kier alpha value is -2.26. The number of nitrogens with zero attached hydrogens (tertiary/aromatic N) is 2. The Bertz CT molecular complexity index is 745. The van der Waals surface area contributed by atoms with E-state index >= 15 is 0 Å². The lowest BCUT2D eigenvalue weighted by atomic mass is 10.1. The third-order valence-corrected chi connectivity index (χ3v) is 5.06. The van der Waals surface area contributed by atoms with Crippen molar-refractivity contribution in [2.24, 2.45) is 0 Å². The van der Waals surface area contributed by atoms with E-state index in [9.17, 15) is 0 Å². The van der Waals surface area contributed by atoms with Gasteiger partial charge < -0.3 is 9.64 Å². The second-order valence-electron chi connectivity index (χ2n) is 6.61. The molecule has 2 aromatic carbocycles. The lowest BCUT2D eigenvalue weighted by molar-refractivity contribution is 0.276. The topological polar surface area (TPSA) is 15.7 Å². The van der Waals surface area contributed by atoms with Crippen molar-refractivity contribution in [3.05, 3.63) is 65.2 Å². The third kappa shape index (κ3) is 3.04. The number of piperazine rings is 1. The van der Waals surface area contributed by atoms with Gasteiger partial charge in [-0.1, -0.05) is 48.0 Å². The molecule has 3 nitrogen and oxygen atoms in total. The van der Waals surface area contributed by atoms with Crippen LogP contribution in [0.4, 0.5) is 5.69 Å². The van der Waals surface area contributed by atoms with Gasteiger partial charge in [0.05, 0.1) is 12.8 Å². The van der Waals surface area contributed by atoms with Crippen LogP contribution >= 0.6 is 0 Å². The molecule has 0 bridgehead atoms. The van der Waals surface area contributed by atoms with Gasteiger partial charge in [0.15, 0.2) is 0 Å². The number of ether oxygens (including phenoxy) is 1. The van der Waals surface area contributed by atoms with Gasteiger partial charge in [-0.05, 0) is 29.7 Å². The first kappa shape index (κ1) is 15.3. The van der Waals surface area contributed by atoms with Crippen LogP contribution in [0, 0.1) is 0 Å². The molecule has 4 rings (SSSR count). The summed E-state index contributed by atoms with van der Waals surface area (Å²) in [7, 11) is 1.75. The lowest BCUT2D eigenvalue weighted by Gasteiger charge is -2.36. The lowest BCUT2D eigenvalue weighted by Crippen LogP contribution is -2.47. The molecular weight excluding hydrogens is 296 g/mol. The van der Waals surface area contributed by atoms with Crippen LogP contribution in [0.1, 0.15) is 11.1 Å².